The maximum Gasteiger partial charge on any atom is 0.338 e. The van der Waals surface area contributed by atoms with Crippen molar-refractivity contribution in [3.05, 3.63) is 35.4 Å². The van der Waals surface area contributed by atoms with E-state index in [1.165, 1.54) is 51.4 Å². The van der Waals surface area contributed by atoms with E-state index in [-0.39, 0.29) is 17.5 Å². The van der Waals surface area contributed by atoms with Gasteiger partial charge in [0.25, 0.3) is 0 Å². The molecule has 0 radical (unpaired) electrons. The predicted octanol–water partition coefficient (Wildman–Crippen LogP) is 8.42. The maximum absolute atomic E-state index is 12.9. The molecule has 1 aromatic carbocycles. The lowest BCUT2D eigenvalue weighted by atomic mass is 9.47. The summed E-state index contributed by atoms with van der Waals surface area (Å²) in [5, 5.41) is 0. The van der Waals surface area contributed by atoms with Crippen LogP contribution in [0.5, 0.6) is 0 Å². The number of carbonyl (C=O) groups excluding carboxylic acids is 1. The molecule has 4 nitrogen and oxygen atoms in total. The molecule has 2 unspecified atom stereocenters. The number of allylic oxidation sites excluding steroid dienone is 1. The molecule has 0 aliphatic heterocycles. The van der Waals surface area contributed by atoms with E-state index in [2.05, 4.69) is 40.7 Å². The average Bonchev–Trinajstić information content (AvgIpc) is 3.20. The van der Waals surface area contributed by atoms with Crippen LogP contribution in [0, 0.1) is 46.3 Å². The van der Waals surface area contributed by atoms with E-state index >= 15 is 0 Å². The third-order valence-electron chi connectivity index (χ3n) is 11.7. The molecule has 4 heteroatoms. The van der Waals surface area contributed by atoms with Gasteiger partial charge in [-0.25, -0.2) is 4.79 Å². The first-order valence-electron chi connectivity index (χ1n) is 15.6. The summed E-state index contributed by atoms with van der Waals surface area (Å²) in [4.78, 5) is 12.9. The van der Waals surface area contributed by atoms with E-state index < -0.39 is 0 Å². The largest absolute Gasteiger partial charge is 0.458 e. The number of carbonyl (C=O) groups is 1. The van der Waals surface area contributed by atoms with Gasteiger partial charge in [0.2, 0.25) is 0 Å². The van der Waals surface area contributed by atoms with Crippen molar-refractivity contribution < 1.29 is 9.53 Å². The second-order valence-electron chi connectivity index (χ2n) is 14.4. The molecule has 1 aromatic rings. The van der Waals surface area contributed by atoms with Gasteiger partial charge in [-0.2, -0.15) is 0 Å². The summed E-state index contributed by atoms with van der Waals surface area (Å²) >= 11 is 0. The minimum absolute atomic E-state index is 0.0579. The fourth-order valence-corrected chi connectivity index (χ4v) is 9.77. The molecule has 4 aliphatic carbocycles. The summed E-state index contributed by atoms with van der Waals surface area (Å²) in [7, 11) is 0. The van der Waals surface area contributed by atoms with Gasteiger partial charge in [0, 0.05) is 17.8 Å². The number of rotatable bonds is 7. The van der Waals surface area contributed by atoms with Crippen LogP contribution in [0.25, 0.3) is 0 Å². The van der Waals surface area contributed by atoms with E-state index in [1.807, 2.05) is 0 Å². The lowest BCUT2D eigenvalue weighted by Gasteiger charge is -2.58. The molecule has 0 spiro atoms. The fourth-order valence-electron chi connectivity index (χ4n) is 9.77. The molecule has 0 saturated heterocycles. The van der Waals surface area contributed by atoms with Crippen LogP contribution in [-0.2, 0) is 4.74 Å². The quantitative estimate of drug-likeness (QED) is 0.215. The second kappa shape index (κ2) is 10.5. The first-order valence-corrected chi connectivity index (χ1v) is 15.6. The number of hydrogen-bond acceptors (Lipinski definition) is 4. The maximum atomic E-state index is 12.9. The van der Waals surface area contributed by atoms with Crippen molar-refractivity contribution in [1.29, 1.82) is 0 Å². The van der Waals surface area contributed by atoms with Crippen LogP contribution in [0.3, 0.4) is 0 Å². The van der Waals surface area contributed by atoms with Crippen LogP contribution in [0.15, 0.2) is 29.8 Å². The van der Waals surface area contributed by atoms with Crippen molar-refractivity contribution in [2.24, 2.45) is 46.3 Å². The number of hydrogen-bond donors (Lipinski definition) is 2. The molecule has 3 saturated carbocycles. The van der Waals surface area contributed by atoms with Gasteiger partial charge < -0.3 is 16.2 Å². The summed E-state index contributed by atoms with van der Waals surface area (Å²) in [5.41, 5.74) is 15.6. The lowest BCUT2D eigenvalue weighted by molar-refractivity contribution is -0.0594. The predicted molar refractivity (Wildman–Crippen MR) is 158 cm³/mol. The number of benzene rings is 1. The number of ether oxygens (including phenoxy) is 1. The van der Waals surface area contributed by atoms with Crippen LogP contribution in [0.1, 0.15) is 116 Å². The number of fused-ring (bicyclic) bond motifs is 5. The Balaban J connectivity index is 1.25. The molecule has 4 aliphatic rings. The van der Waals surface area contributed by atoms with Crippen LogP contribution in [0.2, 0.25) is 0 Å². The summed E-state index contributed by atoms with van der Waals surface area (Å²) in [6.45, 7) is 12.5. The number of esters is 1. The van der Waals surface area contributed by atoms with Crippen LogP contribution in [-0.4, -0.2) is 12.1 Å². The van der Waals surface area contributed by atoms with Crippen LogP contribution in [0.4, 0.5) is 11.4 Å². The van der Waals surface area contributed by atoms with Gasteiger partial charge >= 0.3 is 5.97 Å². The topological polar surface area (TPSA) is 78.3 Å². The van der Waals surface area contributed by atoms with Gasteiger partial charge in [0.15, 0.2) is 0 Å². The zero-order valence-electron chi connectivity index (χ0n) is 24.6. The zero-order chi connectivity index (χ0) is 27.2. The van der Waals surface area contributed by atoms with E-state index in [9.17, 15) is 4.79 Å². The van der Waals surface area contributed by atoms with Gasteiger partial charge in [-0.1, -0.05) is 65.5 Å². The van der Waals surface area contributed by atoms with Crippen molar-refractivity contribution in [2.45, 2.75) is 111 Å². The Morgan fingerprint density at radius 1 is 0.974 bits per heavy atom. The summed E-state index contributed by atoms with van der Waals surface area (Å²) in [5.74, 6) is 4.74. The lowest BCUT2D eigenvalue weighted by Crippen LogP contribution is -2.51. The molecular formula is C34H52N2O2. The van der Waals surface area contributed by atoms with Crippen LogP contribution >= 0.6 is 0 Å². The summed E-state index contributed by atoms with van der Waals surface area (Å²) in [6, 6.07) is 4.99. The SMILES string of the molecule is CC(C)CCCC(C)[C@H]1CC[C@H]2C3CC=C4C[C@@H](OC(=O)c5cc(N)cc(N)c5)CC[C@]4(C)[C@H]3CC[C@]12C. The molecule has 38 heavy (non-hydrogen) atoms. The normalized spacial score (nSPS) is 37.1. The molecule has 4 N–H and O–H groups in total. The fraction of sp³-hybridized carbons (Fsp3) is 0.735. The summed E-state index contributed by atoms with van der Waals surface area (Å²) in [6.07, 6.45) is 16.5. The highest BCUT2D eigenvalue weighted by atomic mass is 16.5. The summed E-state index contributed by atoms with van der Waals surface area (Å²) < 4.78 is 6.00. The Kier molecular flexibility index (Phi) is 7.66. The van der Waals surface area contributed by atoms with Crippen LogP contribution < -0.4 is 11.5 Å². The highest BCUT2D eigenvalue weighted by Gasteiger charge is 2.59. The highest BCUT2D eigenvalue weighted by molar-refractivity contribution is 5.91. The Morgan fingerprint density at radius 2 is 1.71 bits per heavy atom. The van der Waals surface area contributed by atoms with Crippen molar-refractivity contribution in [3.63, 3.8) is 0 Å². The monoisotopic (exact) mass is 520 g/mol. The number of anilines is 2. The van der Waals surface area contributed by atoms with E-state index in [1.54, 1.807) is 23.8 Å². The highest BCUT2D eigenvalue weighted by Crippen LogP contribution is 2.67. The molecule has 0 bridgehead atoms. The molecule has 8 atom stereocenters. The number of nitrogens with two attached hydrogens (primary N) is 2. The van der Waals surface area contributed by atoms with E-state index in [0.717, 1.165) is 54.8 Å². The van der Waals surface area contributed by atoms with Gasteiger partial charge in [-0.3, -0.25) is 0 Å². The third kappa shape index (κ3) is 5.02. The number of nitrogen functional groups attached to an aromatic ring is 2. The molecule has 3 fully saturated rings. The minimum atomic E-state index is -0.306. The Labute approximate surface area is 231 Å². The molecule has 0 heterocycles. The standard InChI is InChI=1S/C34H52N2O2/c1-21(2)7-6-8-22(3)29-11-12-30-28-10-9-24-19-27(38-32(37)23-17-25(35)20-26(36)18-23)13-15-33(24,4)31(28)14-16-34(29,30)5/h9,17-18,20-22,27-31H,6-8,10-16,19,35-36H2,1-5H3/t22?,27-,28?,29+,30-,31-,33-,34+/m0/s1. The molecule has 210 valence electrons. The molecule has 0 amide bonds. The molecule has 0 aromatic heterocycles. The van der Waals surface area contributed by atoms with Gasteiger partial charge in [-0.15, -0.1) is 0 Å². The van der Waals surface area contributed by atoms with Crippen molar-refractivity contribution in [1.82, 2.24) is 0 Å². The second-order valence-corrected chi connectivity index (χ2v) is 14.4. The molecular weight excluding hydrogens is 468 g/mol. The van der Waals surface area contributed by atoms with Gasteiger partial charge in [-0.05, 0) is 109 Å². The van der Waals surface area contributed by atoms with E-state index in [4.69, 9.17) is 16.2 Å². The first-order chi connectivity index (χ1) is 18.0. The van der Waals surface area contributed by atoms with Gasteiger partial charge in [0.05, 0.1) is 5.56 Å². The average molecular weight is 521 g/mol. The zero-order valence-corrected chi connectivity index (χ0v) is 24.6. The van der Waals surface area contributed by atoms with Crippen molar-refractivity contribution >= 4 is 17.3 Å². The van der Waals surface area contributed by atoms with Crippen molar-refractivity contribution in [2.75, 3.05) is 11.5 Å². The van der Waals surface area contributed by atoms with Crippen molar-refractivity contribution in [3.8, 4) is 0 Å². The first kappa shape index (κ1) is 27.6. The smallest absolute Gasteiger partial charge is 0.338 e. The Morgan fingerprint density at radius 3 is 2.42 bits per heavy atom. The van der Waals surface area contributed by atoms with E-state index in [0.29, 0.717) is 22.4 Å². The Hall–Kier alpha value is -1.97. The molecule has 5 rings (SSSR count). The minimum Gasteiger partial charge on any atom is -0.458 e. The Bertz CT molecular complexity index is 1040. The van der Waals surface area contributed by atoms with Gasteiger partial charge in [0.1, 0.15) is 6.10 Å². The third-order valence-corrected chi connectivity index (χ3v) is 11.7.